The summed E-state index contributed by atoms with van der Waals surface area (Å²) in [4.78, 5) is 3.96. The average Bonchev–Trinajstić information content (AvgIpc) is 2.27. The summed E-state index contributed by atoms with van der Waals surface area (Å²) in [5.74, 6) is 1.01. The van der Waals surface area contributed by atoms with E-state index in [1.807, 2.05) is 0 Å². The largest absolute Gasteiger partial charge is 0.487 e. The average molecular weight is 244 g/mol. The molecule has 1 aromatic rings. The van der Waals surface area contributed by atoms with Crippen molar-refractivity contribution < 1.29 is 13.5 Å². The van der Waals surface area contributed by atoms with E-state index in [0.29, 0.717) is 18.2 Å². The number of halogens is 2. The smallest absolute Gasteiger partial charge is 0.272 e. The zero-order chi connectivity index (χ0) is 12.7. The summed E-state index contributed by atoms with van der Waals surface area (Å²) in [7, 11) is 0. The van der Waals surface area contributed by atoms with Crippen LogP contribution in [0.15, 0.2) is 18.5 Å². The Bertz CT molecular complexity index is 332. The van der Waals surface area contributed by atoms with Crippen LogP contribution in [0.2, 0.25) is 0 Å². The SMILES string of the molecule is CC(C)CNCc1cnccc1OCC(F)F. The Balaban J connectivity index is 2.51. The van der Waals surface area contributed by atoms with Crippen LogP contribution >= 0.6 is 0 Å². The summed E-state index contributed by atoms with van der Waals surface area (Å²) in [6.07, 6.45) is 0.709. The Kier molecular flexibility index (Phi) is 5.83. The van der Waals surface area contributed by atoms with Crippen molar-refractivity contribution in [2.45, 2.75) is 26.8 Å². The molecule has 0 aliphatic rings. The number of ether oxygens (including phenoxy) is 1. The van der Waals surface area contributed by atoms with Crippen molar-refractivity contribution in [1.29, 1.82) is 0 Å². The van der Waals surface area contributed by atoms with Crippen LogP contribution in [0.25, 0.3) is 0 Å². The van der Waals surface area contributed by atoms with Gasteiger partial charge in [0.25, 0.3) is 6.43 Å². The van der Waals surface area contributed by atoms with E-state index in [4.69, 9.17) is 4.74 Å². The van der Waals surface area contributed by atoms with Crippen molar-refractivity contribution in [1.82, 2.24) is 10.3 Å². The standard InChI is InChI=1S/C12H18F2N2O/c1-9(2)5-16-7-10-6-15-4-3-11(10)17-8-12(13)14/h3-4,6,9,12,16H,5,7-8H2,1-2H3. The fourth-order valence-electron chi connectivity index (χ4n) is 1.34. The minimum Gasteiger partial charge on any atom is -0.487 e. The third-order valence-electron chi connectivity index (χ3n) is 2.09. The lowest BCUT2D eigenvalue weighted by Crippen LogP contribution is -2.20. The lowest BCUT2D eigenvalue weighted by Gasteiger charge is -2.12. The minimum absolute atomic E-state index is 0.469. The van der Waals surface area contributed by atoms with Gasteiger partial charge in [0.05, 0.1) is 0 Å². The summed E-state index contributed by atoms with van der Waals surface area (Å²) >= 11 is 0. The van der Waals surface area contributed by atoms with E-state index in [1.165, 1.54) is 6.20 Å². The van der Waals surface area contributed by atoms with Crippen LogP contribution in [0.3, 0.4) is 0 Å². The van der Waals surface area contributed by atoms with Crippen molar-refractivity contribution in [2.75, 3.05) is 13.2 Å². The molecule has 0 saturated heterocycles. The number of rotatable bonds is 7. The van der Waals surface area contributed by atoms with Gasteiger partial charge in [-0.05, 0) is 18.5 Å². The van der Waals surface area contributed by atoms with Crippen LogP contribution in [-0.4, -0.2) is 24.6 Å². The van der Waals surface area contributed by atoms with Gasteiger partial charge in [0.2, 0.25) is 0 Å². The minimum atomic E-state index is -2.46. The van der Waals surface area contributed by atoms with Crippen LogP contribution in [0.4, 0.5) is 8.78 Å². The lowest BCUT2D eigenvalue weighted by molar-refractivity contribution is 0.0813. The normalized spacial score (nSPS) is 11.2. The van der Waals surface area contributed by atoms with Crippen LogP contribution in [0, 0.1) is 5.92 Å². The highest BCUT2D eigenvalue weighted by Gasteiger charge is 2.07. The molecule has 17 heavy (non-hydrogen) atoms. The summed E-state index contributed by atoms with van der Waals surface area (Å²) in [5.41, 5.74) is 0.800. The van der Waals surface area contributed by atoms with Gasteiger partial charge >= 0.3 is 0 Å². The molecule has 1 rings (SSSR count). The van der Waals surface area contributed by atoms with Crippen LogP contribution in [0.5, 0.6) is 5.75 Å². The first-order valence-corrected chi connectivity index (χ1v) is 5.64. The van der Waals surface area contributed by atoms with Crippen molar-refractivity contribution in [3.8, 4) is 5.75 Å². The van der Waals surface area contributed by atoms with E-state index in [-0.39, 0.29) is 0 Å². The van der Waals surface area contributed by atoms with Crippen molar-refractivity contribution in [3.05, 3.63) is 24.0 Å². The van der Waals surface area contributed by atoms with E-state index in [9.17, 15) is 8.78 Å². The van der Waals surface area contributed by atoms with Gasteiger partial charge in [0, 0.05) is 24.5 Å². The Morgan fingerprint density at radius 3 is 2.82 bits per heavy atom. The highest BCUT2D eigenvalue weighted by Crippen LogP contribution is 2.17. The molecule has 96 valence electrons. The summed E-state index contributed by atoms with van der Waals surface area (Å²) in [5, 5.41) is 3.22. The maximum atomic E-state index is 12.1. The predicted molar refractivity (Wildman–Crippen MR) is 62.3 cm³/mol. The highest BCUT2D eigenvalue weighted by molar-refractivity contribution is 5.29. The van der Waals surface area contributed by atoms with E-state index in [2.05, 4.69) is 24.1 Å². The zero-order valence-corrected chi connectivity index (χ0v) is 10.1. The van der Waals surface area contributed by atoms with Gasteiger partial charge in [-0.15, -0.1) is 0 Å². The molecule has 0 atom stereocenters. The zero-order valence-electron chi connectivity index (χ0n) is 10.1. The Hall–Kier alpha value is -1.23. The van der Waals surface area contributed by atoms with Crippen LogP contribution in [0.1, 0.15) is 19.4 Å². The Labute approximate surface area is 100 Å². The molecule has 5 heteroatoms. The fourth-order valence-corrected chi connectivity index (χ4v) is 1.34. The molecule has 0 saturated carbocycles. The van der Waals surface area contributed by atoms with Gasteiger partial charge in [-0.2, -0.15) is 0 Å². The molecular formula is C12H18F2N2O. The second kappa shape index (κ2) is 7.17. The molecule has 1 aromatic heterocycles. The van der Waals surface area contributed by atoms with Gasteiger partial charge < -0.3 is 10.1 Å². The first-order valence-electron chi connectivity index (χ1n) is 5.64. The molecule has 0 amide bonds. The van der Waals surface area contributed by atoms with Crippen molar-refractivity contribution in [2.24, 2.45) is 5.92 Å². The molecule has 0 aliphatic carbocycles. The number of nitrogens with zero attached hydrogens (tertiary/aromatic N) is 1. The number of aromatic nitrogens is 1. The van der Waals surface area contributed by atoms with E-state index in [1.54, 1.807) is 12.3 Å². The summed E-state index contributed by atoms with van der Waals surface area (Å²) < 4.78 is 29.1. The summed E-state index contributed by atoms with van der Waals surface area (Å²) in [6.45, 7) is 5.06. The van der Waals surface area contributed by atoms with E-state index in [0.717, 1.165) is 12.1 Å². The van der Waals surface area contributed by atoms with Crippen LogP contribution in [-0.2, 0) is 6.54 Å². The third-order valence-corrected chi connectivity index (χ3v) is 2.09. The molecule has 0 aliphatic heterocycles. The Morgan fingerprint density at radius 1 is 1.41 bits per heavy atom. The second-order valence-electron chi connectivity index (χ2n) is 4.21. The molecule has 0 radical (unpaired) electrons. The second-order valence-corrected chi connectivity index (χ2v) is 4.21. The molecule has 1 N–H and O–H groups in total. The number of nitrogens with one attached hydrogen (secondary N) is 1. The van der Waals surface area contributed by atoms with Gasteiger partial charge in [-0.3, -0.25) is 4.98 Å². The number of hydrogen-bond donors (Lipinski definition) is 1. The first kappa shape index (κ1) is 13.8. The molecule has 0 fully saturated rings. The Morgan fingerprint density at radius 2 is 2.18 bits per heavy atom. The van der Waals surface area contributed by atoms with Gasteiger partial charge in [0.15, 0.2) is 0 Å². The van der Waals surface area contributed by atoms with Crippen LogP contribution < -0.4 is 10.1 Å². The number of alkyl halides is 2. The summed E-state index contributed by atoms with van der Waals surface area (Å²) in [6, 6.07) is 1.61. The third kappa shape index (κ3) is 5.58. The molecule has 0 aromatic carbocycles. The fraction of sp³-hybridized carbons (Fsp3) is 0.583. The molecule has 0 unspecified atom stereocenters. The van der Waals surface area contributed by atoms with Gasteiger partial charge in [0.1, 0.15) is 12.4 Å². The maximum absolute atomic E-state index is 12.1. The highest BCUT2D eigenvalue weighted by atomic mass is 19.3. The topological polar surface area (TPSA) is 34.2 Å². The quantitative estimate of drug-likeness (QED) is 0.800. The predicted octanol–water partition coefficient (Wildman–Crippen LogP) is 2.47. The van der Waals surface area contributed by atoms with Gasteiger partial charge in [-0.25, -0.2) is 8.78 Å². The van der Waals surface area contributed by atoms with E-state index < -0.39 is 13.0 Å². The molecule has 1 heterocycles. The molecule has 0 bridgehead atoms. The van der Waals surface area contributed by atoms with Gasteiger partial charge in [-0.1, -0.05) is 13.8 Å². The van der Waals surface area contributed by atoms with Crippen molar-refractivity contribution >= 4 is 0 Å². The molecular weight excluding hydrogens is 226 g/mol. The van der Waals surface area contributed by atoms with Crippen molar-refractivity contribution in [3.63, 3.8) is 0 Å². The maximum Gasteiger partial charge on any atom is 0.272 e. The molecule has 3 nitrogen and oxygen atoms in total. The molecule has 0 spiro atoms. The number of pyridine rings is 1. The van der Waals surface area contributed by atoms with E-state index >= 15 is 0 Å². The monoisotopic (exact) mass is 244 g/mol. The lowest BCUT2D eigenvalue weighted by atomic mass is 10.2. The number of hydrogen-bond acceptors (Lipinski definition) is 3. The first-order chi connectivity index (χ1) is 8.09.